The van der Waals surface area contributed by atoms with Crippen LogP contribution in [0.15, 0.2) is 53.6 Å². The van der Waals surface area contributed by atoms with E-state index in [4.69, 9.17) is 9.88 Å². The van der Waals surface area contributed by atoms with Crippen molar-refractivity contribution >= 4 is 29.4 Å². The predicted molar refractivity (Wildman–Crippen MR) is 174 cm³/mol. The fraction of sp³-hybridized carbons (Fsp3) is 0.606. The zero-order valence-electron chi connectivity index (χ0n) is 27.2. The van der Waals surface area contributed by atoms with E-state index in [-0.39, 0.29) is 17.7 Å². The number of hydrogen-bond acceptors (Lipinski definition) is 8. The van der Waals surface area contributed by atoms with Crippen molar-refractivity contribution in [3.8, 4) is 0 Å². The first-order valence-corrected chi connectivity index (χ1v) is 16.7. The Morgan fingerprint density at radius 2 is 1.84 bits per heavy atom. The Morgan fingerprint density at radius 3 is 2.45 bits per heavy atom. The van der Waals surface area contributed by atoms with Crippen LogP contribution in [0.1, 0.15) is 72.3 Å². The van der Waals surface area contributed by atoms with Crippen LogP contribution in [0, 0.1) is 11.8 Å². The van der Waals surface area contributed by atoms with Crippen molar-refractivity contribution in [2.24, 2.45) is 17.0 Å². The number of aromatic nitrogens is 1. The highest BCUT2D eigenvalue weighted by Crippen LogP contribution is 2.37. The number of amides is 1. The summed E-state index contributed by atoms with van der Waals surface area (Å²) in [5.74, 6) is 1.69. The fourth-order valence-electron chi connectivity index (χ4n) is 5.99. The number of piperidine rings is 1. The number of pyridine rings is 1. The zero-order valence-corrected chi connectivity index (χ0v) is 28.0. The lowest BCUT2D eigenvalue weighted by molar-refractivity contribution is -0.129. The number of carbonyl (C=O) groups is 2. The number of benzene rings is 1. The van der Waals surface area contributed by atoms with E-state index in [9.17, 15) is 13.8 Å². The van der Waals surface area contributed by atoms with Crippen molar-refractivity contribution in [3.05, 3.63) is 54.1 Å². The zero-order chi connectivity index (χ0) is 32.3. The summed E-state index contributed by atoms with van der Waals surface area (Å²) in [6.45, 7) is 13.7. The molecular formula is C33H51N5O5S. The van der Waals surface area contributed by atoms with E-state index in [1.54, 1.807) is 6.07 Å². The van der Waals surface area contributed by atoms with Crippen LogP contribution in [0.2, 0.25) is 0 Å². The van der Waals surface area contributed by atoms with Gasteiger partial charge in [0, 0.05) is 18.1 Å². The first-order chi connectivity index (χ1) is 20.8. The van der Waals surface area contributed by atoms with Crippen LogP contribution in [0.4, 0.5) is 10.6 Å². The summed E-state index contributed by atoms with van der Waals surface area (Å²) < 4.78 is 21.9. The first kappa shape index (κ1) is 35.5. The molecule has 10 nitrogen and oxygen atoms in total. The van der Waals surface area contributed by atoms with Crippen LogP contribution in [0.3, 0.4) is 0 Å². The van der Waals surface area contributed by atoms with Gasteiger partial charge in [-0.2, -0.15) is 0 Å². The van der Waals surface area contributed by atoms with E-state index in [0.29, 0.717) is 29.9 Å². The Morgan fingerprint density at radius 1 is 1.16 bits per heavy atom. The van der Waals surface area contributed by atoms with E-state index in [1.807, 2.05) is 68.1 Å². The molecule has 1 aromatic carbocycles. The van der Waals surface area contributed by atoms with Gasteiger partial charge in [0.1, 0.15) is 34.0 Å². The molecule has 2 fully saturated rings. The maximum Gasteiger partial charge on any atom is 0.410 e. The Hall–Kier alpha value is -3.02. The molecule has 1 amide bonds. The van der Waals surface area contributed by atoms with E-state index >= 15 is 0 Å². The molecule has 3 N–H and O–H groups in total. The quantitative estimate of drug-likeness (QED) is 0.337. The third-order valence-corrected chi connectivity index (χ3v) is 8.86. The molecule has 3 heterocycles. The number of nitrogens with two attached hydrogens (primary N) is 1. The molecule has 2 aromatic rings. The van der Waals surface area contributed by atoms with Crippen LogP contribution in [0.25, 0.3) is 0 Å². The fourth-order valence-corrected chi connectivity index (χ4v) is 6.39. The molecule has 0 radical (unpaired) electrons. The Bertz CT molecular complexity index is 1210. The number of hydrogen-bond donors (Lipinski definition) is 2. The van der Waals surface area contributed by atoms with E-state index in [0.717, 1.165) is 63.1 Å². The van der Waals surface area contributed by atoms with Gasteiger partial charge in [0.05, 0.1) is 0 Å². The van der Waals surface area contributed by atoms with Crippen LogP contribution < -0.4 is 10.5 Å². The molecule has 0 spiro atoms. The molecule has 2 aliphatic rings. The van der Waals surface area contributed by atoms with Gasteiger partial charge in [-0.3, -0.25) is 4.79 Å². The van der Waals surface area contributed by atoms with Gasteiger partial charge in [-0.15, -0.1) is 0 Å². The largest absolute Gasteiger partial charge is 0.463 e. The number of anilines is 1. The summed E-state index contributed by atoms with van der Waals surface area (Å²) >= 11 is 0. The highest BCUT2D eigenvalue weighted by atomic mass is 32.2. The van der Waals surface area contributed by atoms with Gasteiger partial charge >= 0.3 is 6.09 Å². The van der Waals surface area contributed by atoms with Gasteiger partial charge in [0.15, 0.2) is 0 Å². The molecular weight excluding hydrogens is 578 g/mol. The minimum atomic E-state index is -1.60. The summed E-state index contributed by atoms with van der Waals surface area (Å²) in [5, 5.41) is 9.58. The van der Waals surface area contributed by atoms with Crippen LogP contribution in [0.5, 0.6) is 0 Å². The second-order valence-electron chi connectivity index (χ2n) is 13.5. The Labute approximate surface area is 265 Å². The van der Waals surface area contributed by atoms with Crippen molar-refractivity contribution in [3.63, 3.8) is 0 Å². The average molecular weight is 630 g/mol. The monoisotopic (exact) mass is 629 g/mol. The van der Waals surface area contributed by atoms with E-state index in [1.165, 1.54) is 0 Å². The van der Waals surface area contributed by atoms with Crippen molar-refractivity contribution in [1.29, 1.82) is 0 Å². The number of nitrogens with one attached hydrogen (secondary N) is 1. The van der Waals surface area contributed by atoms with Crippen molar-refractivity contribution in [2.75, 3.05) is 32.0 Å². The van der Waals surface area contributed by atoms with Crippen molar-refractivity contribution in [1.82, 2.24) is 14.8 Å². The first-order valence-electron chi connectivity index (χ1n) is 15.5. The standard InChI is InChI=1S/C25H43N5O3S.C8H8O2/c1-24(2,3)33-23(31)30-17-18(16-25(30,4)5)10-11-20(19-12-14-29(6)15-13-19)27-21-8-7-9-22(28-21)34(26)32;9-7-10-6-8-4-2-1-3-5-8/h7-9,18-20H,10-17,26H2,1-6H3,(H,27,28);1-5,7H,6H2. The second-order valence-corrected chi connectivity index (χ2v) is 14.5. The SMILES string of the molecule is CN1CCC(C(CCC2CN(C(=O)OC(C)(C)C)C(C)(C)C2)Nc2cccc(S(N)=O)n2)CC1.O=COCc1ccccc1. The Balaban J connectivity index is 0.000000448. The molecule has 0 bridgehead atoms. The maximum absolute atomic E-state index is 12.8. The molecule has 11 heteroatoms. The number of carbonyl (C=O) groups excluding carboxylic acids is 2. The van der Waals surface area contributed by atoms with Gasteiger partial charge in [0.2, 0.25) is 0 Å². The molecule has 4 rings (SSSR count). The minimum absolute atomic E-state index is 0.218. The lowest BCUT2D eigenvalue weighted by Crippen LogP contribution is -2.45. The molecule has 3 unspecified atom stereocenters. The molecule has 0 saturated carbocycles. The summed E-state index contributed by atoms with van der Waals surface area (Å²) in [5.41, 5.74) is 0.294. The minimum Gasteiger partial charge on any atom is -0.463 e. The normalized spacial score (nSPS) is 20.2. The summed E-state index contributed by atoms with van der Waals surface area (Å²) in [6.07, 6.45) is 5.03. The van der Waals surface area contributed by atoms with E-state index < -0.39 is 16.6 Å². The number of rotatable bonds is 10. The highest BCUT2D eigenvalue weighted by molar-refractivity contribution is 7.82. The molecule has 44 heavy (non-hydrogen) atoms. The lowest BCUT2D eigenvalue weighted by atomic mass is 9.84. The molecule has 2 aliphatic heterocycles. The summed E-state index contributed by atoms with van der Waals surface area (Å²) in [6, 6.07) is 15.3. The number of ether oxygens (including phenoxy) is 2. The molecule has 2 saturated heterocycles. The topological polar surface area (TPSA) is 127 Å². The van der Waals surface area contributed by atoms with E-state index in [2.05, 4.69) is 40.8 Å². The summed E-state index contributed by atoms with van der Waals surface area (Å²) in [4.78, 5) is 31.3. The van der Waals surface area contributed by atoms with Gasteiger partial charge in [-0.1, -0.05) is 36.4 Å². The second kappa shape index (κ2) is 16.3. The molecule has 3 atom stereocenters. The van der Waals surface area contributed by atoms with Crippen LogP contribution in [-0.2, 0) is 31.9 Å². The van der Waals surface area contributed by atoms with Crippen LogP contribution in [-0.4, -0.2) is 75.4 Å². The summed E-state index contributed by atoms with van der Waals surface area (Å²) in [7, 11) is 0.572. The number of nitrogens with zero attached hydrogens (tertiary/aromatic N) is 3. The van der Waals surface area contributed by atoms with Crippen molar-refractivity contribution in [2.45, 2.75) is 95.5 Å². The third-order valence-electron chi connectivity index (χ3n) is 8.22. The van der Waals surface area contributed by atoms with Crippen molar-refractivity contribution < 1.29 is 23.3 Å². The van der Waals surface area contributed by atoms with Gasteiger partial charge in [-0.25, -0.2) is 19.1 Å². The molecule has 0 aliphatic carbocycles. The molecule has 1 aromatic heterocycles. The Kier molecular flexibility index (Phi) is 13.2. The lowest BCUT2D eigenvalue weighted by Gasteiger charge is -2.35. The highest BCUT2D eigenvalue weighted by Gasteiger charge is 2.43. The van der Waals surface area contributed by atoms with Crippen LogP contribution >= 0.6 is 0 Å². The smallest absolute Gasteiger partial charge is 0.410 e. The third kappa shape index (κ3) is 11.5. The average Bonchev–Trinajstić information content (AvgIpc) is 3.29. The van der Waals surface area contributed by atoms with Gasteiger partial charge < -0.3 is 24.6 Å². The van der Waals surface area contributed by atoms with Gasteiger partial charge in [0.25, 0.3) is 6.47 Å². The van der Waals surface area contributed by atoms with Gasteiger partial charge in [-0.05, 0) is 116 Å². The number of likely N-dealkylation sites (tertiary alicyclic amines) is 2. The molecule has 244 valence electrons. The maximum atomic E-state index is 12.8. The predicted octanol–water partition coefficient (Wildman–Crippen LogP) is 5.36.